The van der Waals surface area contributed by atoms with Crippen LogP contribution in [0.5, 0.6) is 0 Å². The Morgan fingerprint density at radius 3 is 2.50 bits per heavy atom. The molecule has 0 radical (unpaired) electrons. The van der Waals surface area contributed by atoms with Gasteiger partial charge in [-0.25, -0.2) is 4.98 Å². The zero-order valence-electron chi connectivity index (χ0n) is 16.2. The Labute approximate surface area is 158 Å². The first-order valence-corrected chi connectivity index (χ1v) is 9.53. The molecule has 0 aliphatic carbocycles. The molecular formula is C19H27N3O3S. The molecule has 1 aromatic heterocycles. The number of amides is 1. The number of methoxy groups -OCH3 is 1. The largest absolute Gasteiger partial charge is 0.383 e. The number of carbonyl (C=O) groups excluding carboxylic acids is 1. The molecule has 1 aromatic carbocycles. The monoisotopic (exact) mass is 377 g/mol. The van der Waals surface area contributed by atoms with Crippen LogP contribution in [0.2, 0.25) is 0 Å². The molecule has 0 N–H and O–H groups in total. The van der Waals surface area contributed by atoms with Crippen LogP contribution in [0.3, 0.4) is 0 Å². The molecule has 2 atom stereocenters. The lowest BCUT2D eigenvalue weighted by atomic mass is 10.1. The van der Waals surface area contributed by atoms with Gasteiger partial charge in [0.05, 0.1) is 28.8 Å². The second-order valence-corrected chi connectivity index (χ2v) is 8.01. The van der Waals surface area contributed by atoms with E-state index in [1.54, 1.807) is 36.7 Å². The highest BCUT2D eigenvalue weighted by molar-refractivity contribution is 8.00. The van der Waals surface area contributed by atoms with Gasteiger partial charge < -0.3 is 9.64 Å². The topological polar surface area (TPSA) is 64.4 Å². The third-order valence-corrected chi connectivity index (χ3v) is 5.64. The molecule has 2 aromatic rings. The SMILES string of the molecule is COC[C@@H](C)n1c(S[C@@H](C(=O)N(C)C)C(C)C)nc2ccccc2c1=O. The van der Waals surface area contributed by atoms with Crippen LogP contribution in [0.1, 0.15) is 26.8 Å². The number of nitrogens with zero attached hydrogens (tertiary/aromatic N) is 3. The van der Waals surface area contributed by atoms with Crippen LogP contribution in [0, 0.1) is 5.92 Å². The van der Waals surface area contributed by atoms with Gasteiger partial charge in [0.25, 0.3) is 5.56 Å². The molecule has 0 bridgehead atoms. The van der Waals surface area contributed by atoms with Crippen LogP contribution in [-0.4, -0.2) is 53.4 Å². The Hall–Kier alpha value is -1.86. The van der Waals surface area contributed by atoms with E-state index in [2.05, 4.69) is 0 Å². The second-order valence-electron chi connectivity index (χ2n) is 6.91. The number of carbonyl (C=O) groups is 1. The molecule has 0 fully saturated rings. The summed E-state index contributed by atoms with van der Waals surface area (Å²) in [4.78, 5) is 32.0. The van der Waals surface area contributed by atoms with Gasteiger partial charge in [-0.3, -0.25) is 14.2 Å². The molecule has 142 valence electrons. The summed E-state index contributed by atoms with van der Waals surface area (Å²) in [5.41, 5.74) is 0.531. The average molecular weight is 378 g/mol. The van der Waals surface area contributed by atoms with Crippen molar-refractivity contribution in [1.29, 1.82) is 0 Å². The summed E-state index contributed by atoms with van der Waals surface area (Å²) >= 11 is 1.35. The molecule has 0 saturated heterocycles. The van der Waals surface area contributed by atoms with Crippen molar-refractivity contribution >= 4 is 28.6 Å². The van der Waals surface area contributed by atoms with Gasteiger partial charge in [0.2, 0.25) is 5.91 Å². The standard InChI is InChI=1S/C19H27N3O3S/c1-12(2)16(18(24)21(4)5)26-19-20-15-10-8-7-9-14(15)17(23)22(19)13(3)11-25-6/h7-10,12-13,16H,11H2,1-6H3/t13-,16-/m1/s1. The fourth-order valence-corrected chi connectivity index (χ4v) is 4.09. The van der Waals surface area contributed by atoms with E-state index in [0.29, 0.717) is 22.7 Å². The third-order valence-electron chi connectivity index (χ3n) is 4.15. The summed E-state index contributed by atoms with van der Waals surface area (Å²) in [7, 11) is 5.09. The average Bonchev–Trinajstić information content (AvgIpc) is 2.59. The molecule has 0 aliphatic heterocycles. The molecule has 0 unspecified atom stereocenters. The van der Waals surface area contributed by atoms with Crippen molar-refractivity contribution in [3.05, 3.63) is 34.6 Å². The van der Waals surface area contributed by atoms with Crippen LogP contribution >= 0.6 is 11.8 Å². The molecule has 7 heteroatoms. The highest BCUT2D eigenvalue weighted by Crippen LogP contribution is 2.30. The van der Waals surface area contributed by atoms with E-state index in [1.165, 1.54) is 11.8 Å². The van der Waals surface area contributed by atoms with E-state index in [9.17, 15) is 9.59 Å². The highest BCUT2D eigenvalue weighted by atomic mass is 32.2. The van der Waals surface area contributed by atoms with Gasteiger partial charge in [0.15, 0.2) is 5.16 Å². The quantitative estimate of drug-likeness (QED) is 0.548. The summed E-state index contributed by atoms with van der Waals surface area (Å²) in [6.07, 6.45) is 0. The minimum atomic E-state index is -0.320. The van der Waals surface area contributed by atoms with Crippen molar-refractivity contribution in [3.8, 4) is 0 Å². The summed E-state index contributed by atoms with van der Waals surface area (Å²) < 4.78 is 6.89. The van der Waals surface area contributed by atoms with E-state index in [0.717, 1.165) is 0 Å². The molecule has 0 aliphatic rings. The molecule has 1 amide bonds. The van der Waals surface area contributed by atoms with Gasteiger partial charge in [-0.1, -0.05) is 37.7 Å². The Kier molecular flexibility index (Phi) is 6.83. The van der Waals surface area contributed by atoms with Gasteiger partial charge in [-0.05, 0) is 25.0 Å². The molecule has 6 nitrogen and oxygen atoms in total. The summed E-state index contributed by atoms with van der Waals surface area (Å²) in [6.45, 7) is 6.31. The number of hydrogen-bond acceptors (Lipinski definition) is 5. The molecule has 26 heavy (non-hydrogen) atoms. The fraction of sp³-hybridized carbons (Fsp3) is 0.526. The Balaban J connectivity index is 2.61. The first-order chi connectivity index (χ1) is 12.3. The lowest BCUT2D eigenvalue weighted by Crippen LogP contribution is -2.36. The van der Waals surface area contributed by atoms with Crippen LogP contribution in [-0.2, 0) is 9.53 Å². The van der Waals surface area contributed by atoms with E-state index < -0.39 is 0 Å². The summed E-state index contributed by atoms with van der Waals surface area (Å²) in [5, 5.41) is 0.797. The van der Waals surface area contributed by atoms with Crippen LogP contribution in [0.25, 0.3) is 10.9 Å². The Morgan fingerprint density at radius 1 is 1.27 bits per heavy atom. The number of thioether (sulfide) groups is 1. The van der Waals surface area contributed by atoms with Gasteiger partial charge in [-0.2, -0.15) is 0 Å². The van der Waals surface area contributed by atoms with E-state index >= 15 is 0 Å². The zero-order chi connectivity index (χ0) is 19.4. The molecular weight excluding hydrogens is 350 g/mol. The van der Waals surface area contributed by atoms with Crippen molar-refractivity contribution < 1.29 is 9.53 Å². The smallest absolute Gasteiger partial charge is 0.262 e. The van der Waals surface area contributed by atoms with Crippen molar-refractivity contribution in [2.45, 2.75) is 37.2 Å². The van der Waals surface area contributed by atoms with Crippen molar-refractivity contribution in [3.63, 3.8) is 0 Å². The molecule has 1 heterocycles. The van der Waals surface area contributed by atoms with E-state index in [1.807, 2.05) is 39.0 Å². The number of hydrogen-bond donors (Lipinski definition) is 0. The predicted octanol–water partition coefficient (Wildman–Crippen LogP) is 2.81. The van der Waals surface area contributed by atoms with Gasteiger partial charge in [0.1, 0.15) is 0 Å². The van der Waals surface area contributed by atoms with Crippen molar-refractivity contribution in [1.82, 2.24) is 14.5 Å². The molecule has 0 spiro atoms. The Morgan fingerprint density at radius 2 is 1.92 bits per heavy atom. The first-order valence-electron chi connectivity index (χ1n) is 8.66. The predicted molar refractivity (Wildman–Crippen MR) is 106 cm³/mol. The Bertz CT molecular complexity index is 832. The lowest BCUT2D eigenvalue weighted by molar-refractivity contribution is -0.128. The maximum atomic E-state index is 13.1. The zero-order valence-corrected chi connectivity index (χ0v) is 17.0. The van der Waals surface area contributed by atoms with Crippen molar-refractivity contribution in [2.75, 3.05) is 27.8 Å². The highest BCUT2D eigenvalue weighted by Gasteiger charge is 2.28. The first kappa shape index (κ1) is 20.5. The second kappa shape index (κ2) is 8.68. The number of ether oxygens (including phenoxy) is 1. The van der Waals surface area contributed by atoms with Gasteiger partial charge in [0, 0.05) is 21.2 Å². The van der Waals surface area contributed by atoms with Gasteiger partial charge >= 0.3 is 0 Å². The maximum Gasteiger partial charge on any atom is 0.262 e. The van der Waals surface area contributed by atoms with E-state index in [-0.39, 0.29) is 28.7 Å². The number of rotatable bonds is 7. The molecule has 2 rings (SSSR count). The van der Waals surface area contributed by atoms with Crippen LogP contribution in [0.15, 0.2) is 34.2 Å². The number of benzene rings is 1. The minimum Gasteiger partial charge on any atom is -0.383 e. The fourth-order valence-electron chi connectivity index (χ4n) is 2.75. The third kappa shape index (κ3) is 4.27. The van der Waals surface area contributed by atoms with Crippen molar-refractivity contribution in [2.24, 2.45) is 5.92 Å². The number of para-hydroxylation sites is 1. The minimum absolute atomic E-state index is 0.0124. The maximum absolute atomic E-state index is 13.1. The number of aromatic nitrogens is 2. The van der Waals surface area contributed by atoms with Crippen LogP contribution in [0.4, 0.5) is 0 Å². The summed E-state index contributed by atoms with van der Waals surface area (Å²) in [6, 6.07) is 7.10. The van der Waals surface area contributed by atoms with Gasteiger partial charge in [-0.15, -0.1) is 0 Å². The lowest BCUT2D eigenvalue weighted by Gasteiger charge is -2.25. The number of fused-ring (bicyclic) bond motifs is 1. The summed E-state index contributed by atoms with van der Waals surface area (Å²) in [5.74, 6) is 0.114. The normalized spacial score (nSPS) is 13.8. The molecule has 0 saturated carbocycles. The van der Waals surface area contributed by atoms with E-state index in [4.69, 9.17) is 9.72 Å². The van der Waals surface area contributed by atoms with Crippen LogP contribution < -0.4 is 5.56 Å².